The van der Waals surface area contributed by atoms with Crippen LogP contribution in [-0.4, -0.2) is 41.6 Å². The highest BCUT2D eigenvalue weighted by atomic mass is 16.6. The van der Waals surface area contributed by atoms with Crippen molar-refractivity contribution in [3.63, 3.8) is 0 Å². The maximum atomic E-state index is 11.9. The molecule has 0 radical (unpaired) electrons. The van der Waals surface area contributed by atoms with Crippen LogP contribution in [0, 0.1) is 0 Å². The second kappa shape index (κ2) is 7.68. The van der Waals surface area contributed by atoms with E-state index in [0.717, 1.165) is 5.39 Å². The number of anilines is 2. The molecule has 0 saturated heterocycles. The van der Waals surface area contributed by atoms with Gasteiger partial charge in [0.25, 0.3) is 0 Å². The van der Waals surface area contributed by atoms with E-state index in [9.17, 15) is 9.59 Å². The molecular formula is C17H17N5O5. The number of nitrogens with zero attached hydrogens (tertiary/aromatic N) is 4. The highest BCUT2D eigenvalue weighted by Crippen LogP contribution is 2.19. The molecule has 0 aliphatic carbocycles. The lowest BCUT2D eigenvalue weighted by molar-refractivity contribution is -0.147. The van der Waals surface area contributed by atoms with Gasteiger partial charge in [-0.3, -0.25) is 0 Å². The van der Waals surface area contributed by atoms with Gasteiger partial charge < -0.3 is 24.5 Å². The van der Waals surface area contributed by atoms with Crippen LogP contribution in [-0.2, 0) is 16.1 Å². The van der Waals surface area contributed by atoms with Crippen LogP contribution in [0.1, 0.15) is 5.82 Å². The van der Waals surface area contributed by atoms with Gasteiger partial charge in [-0.1, -0.05) is 0 Å². The number of ether oxygens (including phenoxy) is 2. The van der Waals surface area contributed by atoms with Crippen LogP contribution in [0.3, 0.4) is 0 Å². The first-order chi connectivity index (χ1) is 12.9. The van der Waals surface area contributed by atoms with Crippen molar-refractivity contribution >= 4 is 28.8 Å². The first-order valence-corrected chi connectivity index (χ1v) is 7.91. The van der Waals surface area contributed by atoms with E-state index < -0.39 is 11.6 Å². The fraction of sp³-hybridized carbons (Fsp3) is 0.235. The summed E-state index contributed by atoms with van der Waals surface area (Å²) in [6.07, 6.45) is 0. The quantitative estimate of drug-likeness (QED) is 0.488. The number of aromatic nitrogens is 3. The summed E-state index contributed by atoms with van der Waals surface area (Å²) in [4.78, 5) is 36.8. The number of nitrogens with two attached hydrogens (primary N) is 1. The average Bonchev–Trinajstić information content (AvgIpc) is 2.63. The van der Waals surface area contributed by atoms with Crippen molar-refractivity contribution in [1.82, 2.24) is 15.0 Å². The minimum Gasteiger partial charge on any atom is -0.482 e. The minimum absolute atomic E-state index is 0.0358. The number of benzene rings is 1. The summed E-state index contributed by atoms with van der Waals surface area (Å²) in [5, 5.41) is 0.744. The molecule has 3 aromatic rings. The first kappa shape index (κ1) is 18.1. The molecule has 0 spiro atoms. The predicted molar refractivity (Wildman–Crippen MR) is 96.3 cm³/mol. The molecule has 0 atom stereocenters. The normalized spacial score (nSPS) is 10.6. The van der Waals surface area contributed by atoms with Crippen molar-refractivity contribution in [2.75, 3.05) is 31.3 Å². The highest BCUT2D eigenvalue weighted by molar-refractivity contribution is 5.78. The molecule has 1 aromatic carbocycles. The van der Waals surface area contributed by atoms with Crippen LogP contribution in [0.2, 0.25) is 0 Å². The SMILES string of the molecule is CN(C)c1nc(N)nc(COC(=O)COc2ccc3ccc(=O)oc3c2)n1. The Balaban J connectivity index is 1.58. The van der Waals surface area contributed by atoms with Crippen molar-refractivity contribution in [3.05, 3.63) is 46.6 Å². The molecule has 140 valence electrons. The largest absolute Gasteiger partial charge is 0.482 e. The van der Waals surface area contributed by atoms with Crippen molar-refractivity contribution in [1.29, 1.82) is 0 Å². The van der Waals surface area contributed by atoms with Crippen LogP contribution >= 0.6 is 0 Å². The number of carbonyl (C=O) groups is 1. The van der Waals surface area contributed by atoms with Crippen LogP contribution in [0.5, 0.6) is 5.75 Å². The van der Waals surface area contributed by atoms with Crippen molar-refractivity contribution < 1.29 is 18.7 Å². The van der Waals surface area contributed by atoms with Gasteiger partial charge in [0.1, 0.15) is 11.3 Å². The zero-order valence-corrected chi connectivity index (χ0v) is 14.7. The first-order valence-electron chi connectivity index (χ1n) is 7.91. The Hall–Kier alpha value is -3.69. The molecule has 2 aromatic heterocycles. The van der Waals surface area contributed by atoms with Crippen LogP contribution in [0.15, 0.2) is 39.5 Å². The van der Waals surface area contributed by atoms with E-state index in [4.69, 9.17) is 19.6 Å². The van der Waals surface area contributed by atoms with Crippen molar-refractivity contribution in [3.8, 4) is 5.75 Å². The van der Waals surface area contributed by atoms with Gasteiger partial charge in [0.05, 0.1) is 0 Å². The molecule has 0 aliphatic rings. The fourth-order valence-corrected chi connectivity index (χ4v) is 2.15. The zero-order chi connectivity index (χ0) is 19.4. The Bertz CT molecular complexity index is 1030. The maximum Gasteiger partial charge on any atom is 0.344 e. The standard InChI is InChI=1S/C17H17N5O5/c1-22(2)17-20-13(19-16(18)21-17)8-26-15(24)9-25-11-5-3-10-4-6-14(23)27-12(10)7-11/h3-7H,8-9H2,1-2H3,(H2,18,19,20,21). The van der Waals surface area contributed by atoms with E-state index in [0.29, 0.717) is 17.3 Å². The van der Waals surface area contributed by atoms with E-state index in [1.807, 2.05) is 0 Å². The van der Waals surface area contributed by atoms with Gasteiger partial charge in [-0.2, -0.15) is 15.0 Å². The molecule has 0 saturated carbocycles. The summed E-state index contributed by atoms with van der Waals surface area (Å²) < 4.78 is 15.5. The van der Waals surface area contributed by atoms with Gasteiger partial charge in [0, 0.05) is 31.6 Å². The third-order valence-corrected chi connectivity index (χ3v) is 3.40. The number of fused-ring (bicyclic) bond motifs is 1. The molecule has 0 fully saturated rings. The number of hydrogen-bond acceptors (Lipinski definition) is 10. The summed E-state index contributed by atoms with van der Waals surface area (Å²) in [5.41, 5.74) is 5.51. The molecule has 2 heterocycles. The van der Waals surface area contributed by atoms with Gasteiger partial charge in [-0.15, -0.1) is 0 Å². The number of carbonyl (C=O) groups excluding carboxylic acids is 1. The molecule has 2 N–H and O–H groups in total. The van der Waals surface area contributed by atoms with Gasteiger partial charge in [0.15, 0.2) is 19.0 Å². The van der Waals surface area contributed by atoms with Crippen LogP contribution < -0.4 is 21.0 Å². The Morgan fingerprint density at radius 1 is 1.19 bits per heavy atom. The highest BCUT2D eigenvalue weighted by Gasteiger charge is 2.10. The predicted octanol–water partition coefficient (Wildman–Crippen LogP) is 0.748. The third-order valence-electron chi connectivity index (χ3n) is 3.40. The van der Waals surface area contributed by atoms with E-state index in [2.05, 4.69) is 15.0 Å². The molecular weight excluding hydrogens is 354 g/mol. The second-order valence-corrected chi connectivity index (χ2v) is 5.71. The van der Waals surface area contributed by atoms with Gasteiger partial charge in [-0.05, 0) is 18.2 Å². The Morgan fingerprint density at radius 3 is 2.74 bits per heavy atom. The number of rotatable bonds is 6. The lowest BCUT2D eigenvalue weighted by Gasteiger charge is -2.11. The maximum absolute atomic E-state index is 11.9. The second-order valence-electron chi connectivity index (χ2n) is 5.71. The van der Waals surface area contributed by atoms with E-state index >= 15 is 0 Å². The van der Waals surface area contributed by atoms with Crippen molar-refractivity contribution in [2.45, 2.75) is 6.61 Å². The lowest BCUT2D eigenvalue weighted by atomic mass is 10.2. The summed E-state index contributed by atoms with van der Waals surface area (Å²) >= 11 is 0. The molecule has 0 aliphatic heterocycles. The molecule has 10 nitrogen and oxygen atoms in total. The molecule has 10 heteroatoms. The van der Waals surface area contributed by atoms with Crippen LogP contribution in [0.4, 0.5) is 11.9 Å². The molecule has 0 amide bonds. The van der Waals surface area contributed by atoms with E-state index in [1.165, 1.54) is 12.1 Å². The molecule has 3 rings (SSSR count). The summed E-state index contributed by atoms with van der Waals surface area (Å²) in [6.45, 7) is -0.494. The summed E-state index contributed by atoms with van der Waals surface area (Å²) in [5.74, 6) is 0.381. The van der Waals surface area contributed by atoms with E-state index in [-0.39, 0.29) is 25.0 Å². The minimum atomic E-state index is -0.616. The summed E-state index contributed by atoms with van der Waals surface area (Å²) in [6, 6.07) is 7.87. The third kappa shape index (κ3) is 4.69. The van der Waals surface area contributed by atoms with Crippen molar-refractivity contribution in [2.24, 2.45) is 0 Å². The molecule has 0 bridgehead atoms. The topological polar surface area (TPSA) is 134 Å². The fourth-order valence-electron chi connectivity index (χ4n) is 2.15. The Labute approximate surface area is 153 Å². The van der Waals surface area contributed by atoms with Crippen LogP contribution in [0.25, 0.3) is 11.0 Å². The summed E-state index contributed by atoms with van der Waals surface area (Å²) in [7, 11) is 3.51. The average molecular weight is 371 g/mol. The molecule has 27 heavy (non-hydrogen) atoms. The zero-order valence-electron chi connectivity index (χ0n) is 14.7. The number of nitrogen functional groups attached to an aromatic ring is 1. The monoisotopic (exact) mass is 371 g/mol. The lowest BCUT2D eigenvalue weighted by Crippen LogP contribution is -2.18. The van der Waals surface area contributed by atoms with E-state index in [1.54, 1.807) is 37.2 Å². The number of esters is 1. The Morgan fingerprint density at radius 2 is 1.96 bits per heavy atom. The number of hydrogen-bond donors (Lipinski definition) is 1. The molecule has 0 unspecified atom stereocenters. The van der Waals surface area contributed by atoms with Gasteiger partial charge >= 0.3 is 11.6 Å². The smallest absolute Gasteiger partial charge is 0.344 e. The van der Waals surface area contributed by atoms with Gasteiger partial charge in [-0.25, -0.2) is 9.59 Å². The van der Waals surface area contributed by atoms with Gasteiger partial charge in [0.2, 0.25) is 11.9 Å². The Kier molecular flexibility index (Phi) is 5.15.